The van der Waals surface area contributed by atoms with Crippen LogP contribution in [0.15, 0.2) is 40.1 Å². The molecule has 9 heteroatoms. The van der Waals surface area contributed by atoms with Gasteiger partial charge in [0.15, 0.2) is 0 Å². The van der Waals surface area contributed by atoms with Gasteiger partial charge in [-0.3, -0.25) is 9.52 Å². The standard InChI is InChI=1S/C17H14ClFN2O3S2/c1-9-8-21-16(22)7-11-15(5-4-14(25-9)17(11)21)26(23,24)20-10-2-3-13(19)12(18)6-10/h2-6,9,20H,7-8H2,1H3. The third kappa shape index (κ3) is 2.86. The SMILES string of the molecule is CC1CN2C(=O)Cc3c(S(=O)(=O)Nc4ccc(F)c(Cl)c4)ccc(c32)S1. The molecule has 0 fully saturated rings. The van der Waals surface area contributed by atoms with Crippen LogP contribution in [0.4, 0.5) is 15.8 Å². The number of amides is 1. The van der Waals surface area contributed by atoms with Crippen molar-refractivity contribution in [1.82, 2.24) is 0 Å². The fraction of sp³-hybridized carbons (Fsp3) is 0.235. The Morgan fingerprint density at radius 3 is 2.81 bits per heavy atom. The molecular weight excluding hydrogens is 399 g/mol. The van der Waals surface area contributed by atoms with E-state index in [1.54, 1.807) is 22.7 Å². The van der Waals surface area contributed by atoms with E-state index in [0.717, 1.165) is 11.0 Å². The lowest BCUT2D eigenvalue weighted by atomic mass is 10.1. The van der Waals surface area contributed by atoms with Gasteiger partial charge in [-0.1, -0.05) is 18.5 Å². The second-order valence-corrected chi connectivity index (χ2v) is 9.77. The lowest BCUT2D eigenvalue weighted by molar-refractivity contribution is -0.117. The molecule has 0 saturated heterocycles. The highest BCUT2D eigenvalue weighted by molar-refractivity contribution is 8.00. The van der Waals surface area contributed by atoms with Gasteiger partial charge in [0.2, 0.25) is 5.91 Å². The molecule has 2 aromatic carbocycles. The van der Waals surface area contributed by atoms with Gasteiger partial charge >= 0.3 is 0 Å². The summed E-state index contributed by atoms with van der Waals surface area (Å²) in [4.78, 5) is 15.0. The summed E-state index contributed by atoms with van der Waals surface area (Å²) < 4.78 is 41.4. The minimum atomic E-state index is -3.95. The third-order valence-electron chi connectivity index (χ3n) is 4.33. The van der Waals surface area contributed by atoms with Gasteiger partial charge in [0.1, 0.15) is 5.82 Å². The summed E-state index contributed by atoms with van der Waals surface area (Å²) >= 11 is 7.35. The normalized spacial score (nSPS) is 18.8. The topological polar surface area (TPSA) is 66.5 Å². The molecule has 1 N–H and O–H groups in total. The quantitative estimate of drug-likeness (QED) is 0.835. The molecule has 2 aromatic rings. The number of thioether (sulfide) groups is 1. The van der Waals surface area contributed by atoms with Crippen LogP contribution in [0.3, 0.4) is 0 Å². The number of nitrogens with zero attached hydrogens (tertiary/aromatic N) is 1. The van der Waals surface area contributed by atoms with Crippen molar-refractivity contribution >= 4 is 50.7 Å². The van der Waals surface area contributed by atoms with E-state index < -0.39 is 15.8 Å². The second kappa shape index (κ2) is 6.14. The molecule has 2 heterocycles. The van der Waals surface area contributed by atoms with Crippen LogP contribution < -0.4 is 9.62 Å². The number of hydrogen-bond donors (Lipinski definition) is 1. The molecule has 0 aromatic heterocycles. The first-order valence-corrected chi connectivity index (χ1v) is 10.6. The number of hydrogen-bond acceptors (Lipinski definition) is 4. The summed E-state index contributed by atoms with van der Waals surface area (Å²) in [6, 6.07) is 6.85. The first-order chi connectivity index (χ1) is 12.3. The van der Waals surface area contributed by atoms with Crippen molar-refractivity contribution in [1.29, 1.82) is 0 Å². The molecule has 0 radical (unpaired) electrons. The molecule has 0 spiro atoms. The van der Waals surface area contributed by atoms with E-state index in [1.807, 2.05) is 6.92 Å². The minimum Gasteiger partial charge on any atom is -0.310 e. The highest BCUT2D eigenvalue weighted by atomic mass is 35.5. The number of anilines is 2. The average molecular weight is 413 g/mol. The second-order valence-electron chi connectivity index (χ2n) is 6.23. The third-order valence-corrected chi connectivity index (χ3v) is 7.22. The van der Waals surface area contributed by atoms with Crippen molar-refractivity contribution in [3.63, 3.8) is 0 Å². The maximum absolute atomic E-state index is 13.3. The van der Waals surface area contributed by atoms with E-state index in [4.69, 9.17) is 11.6 Å². The fourth-order valence-electron chi connectivity index (χ4n) is 3.26. The van der Waals surface area contributed by atoms with Crippen molar-refractivity contribution in [3.8, 4) is 0 Å². The number of rotatable bonds is 3. The predicted octanol–water partition coefficient (Wildman–Crippen LogP) is 3.66. The van der Waals surface area contributed by atoms with Crippen molar-refractivity contribution in [3.05, 3.63) is 46.7 Å². The minimum absolute atomic E-state index is 0.0525. The van der Waals surface area contributed by atoms with Crippen LogP contribution in [0.2, 0.25) is 5.02 Å². The summed E-state index contributed by atoms with van der Waals surface area (Å²) in [5.41, 5.74) is 1.36. The van der Waals surface area contributed by atoms with E-state index in [2.05, 4.69) is 4.72 Å². The first-order valence-electron chi connectivity index (χ1n) is 7.87. The van der Waals surface area contributed by atoms with Crippen LogP contribution in [-0.4, -0.2) is 26.1 Å². The van der Waals surface area contributed by atoms with Gasteiger partial charge in [-0.05, 0) is 30.3 Å². The molecule has 5 nitrogen and oxygen atoms in total. The van der Waals surface area contributed by atoms with Crippen LogP contribution in [0.25, 0.3) is 0 Å². The zero-order valence-corrected chi connectivity index (χ0v) is 16.0. The van der Waals surface area contributed by atoms with Gasteiger partial charge < -0.3 is 4.90 Å². The maximum atomic E-state index is 13.3. The van der Waals surface area contributed by atoms with Gasteiger partial charge in [-0.25, -0.2) is 12.8 Å². The zero-order valence-electron chi connectivity index (χ0n) is 13.6. The molecule has 0 aliphatic carbocycles. The van der Waals surface area contributed by atoms with Crippen molar-refractivity contribution in [2.75, 3.05) is 16.2 Å². The van der Waals surface area contributed by atoms with Crippen LogP contribution in [0.1, 0.15) is 12.5 Å². The smallest absolute Gasteiger partial charge is 0.262 e. The Balaban J connectivity index is 1.77. The van der Waals surface area contributed by atoms with Crippen molar-refractivity contribution < 1.29 is 17.6 Å². The molecule has 1 unspecified atom stereocenters. The molecule has 2 aliphatic rings. The highest BCUT2D eigenvalue weighted by Crippen LogP contribution is 2.46. The van der Waals surface area contributed by atoms with Crippen molar-refractivity contribution in [2.24, 2.45) is 0 Å². The molecular formula is C17H14ClFN2O3S2. The van der Waals surface area contributed by atoms with Crippen molar-refractivity contribution in [2.45, 2.75) is 28.4 Å². The Hall–Kier alpha value is -1.77. The van der Waals surface area contributed by atoms with Crippen LogP contribution in [-0.2, 0) is 21.2 Å². The molecule has 2 aliphatic heterocycles. The lowest BCUT2D eigenvalue weighted by Gasteiger charge is -2.29. The highest BCUT2D eigenvalue weighted by Gasteiger charge is 2.38. The first kappa shape index (κ1) is 17.6. The maximum Gasteiger partial charge on any atom is 0.262 e. The van der Waals surface area contributed by atoms with Gasteiger partial charge in [0.25, 0.3) is 10.0 Å². The molecule has 4 rings (SSSR count). The van der Waals surface area contributed by atoms with Crippen LogP contribution in [0.5, 0.6) is 0 Å². The Bertz CT molecular complexity index is 1040. The number of halogens is 2. The fourth-order valence-corrected chi connectivity index (χ4v) is 5.87. The van der Waals surface area contributed by atoms with E-state index in [1.165, 1.54) is 18.2 Å². The molecule has 1 amide bonds. The largest absolute Gasteiger partial charge is 0.310 e. The summed E-state index contributed by atoms with van der Waals surface area (Å²) in [6.45, 7) is 2.59. The Morgan fingerprint density at radius 2 is 2.08 bits per heavy atom. The summed E-state index contributed by atoms with van der Waals surface area (Å²) in [6.07, 6.45) is 0.0525. The Morgan fingerprint density at radius 1 is 1.31 bits per heavy atom. The van der Waals surface area contributed by atoms with Gasteiger partial charge in [-0.2, -0.15) is 0 Å². The molecule has 0 saturated carbocycles. The molecule has 0 bridgehead atoms. The van der Waals surface area contributed by atoms with E-state index in [0.29, 0.717) is 17.8 Å². The Kier molecular flexibility index (Phi) is 4.17. The number of carbonyl (C=O) groups is 1. The summed E-state index contributed by atoms with van der Waals surface area (Å²) in [5, 5.41) is 0.0752. The van der Waals surface area contributed by atoms with Crippen LogP contribution in [0, 0.1) is 5.82 Å². The van der Waals surface area contributed by atoms with Gasteiger partial charge in [-0.15, -0.1) is 11.8 Å². The van der Waals surface area contributed by atoms with Gasteiger partial charge in [0, 0.05) is 22.3 Å². The van der Waals surface area contributed by atoms with E-state index in [9.17, 15) is 17.6 Å². The van der Waals surface area contributed by atoms with Crippen LogP contribution >= 0.6 is 23.4 Å². The predicted molar refractivity (Wildman–Crippen MR) is 100 cm³/mol. The molecule has 136 valence electrons. The van der Waals surface area contributed by atoms with Gasteiger partial charge in [0.05, 0.1) is 27.7 Å². The summed E-state index contributed by atoms with van der Waals surface area (Å²) in [5.74, 6) is -0.727. The number of benzene rings is 2. The zero-order chi connectivity index (χ0) is 18.6. The number of carbonyl (C=O) groups excluding carboxylic acids is 1. The number of nitrogens with one attached hydrogen (secondary N) is 1. The lowest BCUT2D eigenvalue weighted by Crippen LogP contribution is -2.35. The monoisotopic (exact) mass is 412 g/mol. The number of sulfonamides is 1. The molecule has 26 heavy (non-hydrogen) atoms. The van der Waals surface area contributed by atoms with E-state index >= 15 is 0 Å². The molecule has 1 atom stereocenters. The Labute approximate surface area is 159 Å². The summed E-state index contributed by atoms with van der Waals surface area (Å²) in [7, 11) is -3.95. The van der Waals surface area contributed by atoms with E-state index in [-0.39, 0.29) is 33.2 Å². The average Bonchev–Trinajstić information content (AvgIpc) is 2.88.